The lowest BCUT2D eigenvalue weighted by Gasteiger charge is -2.36. The first-order valence-electron chi connectivity index (χ1n) is 8.92. The Hall–Kier alpha value is -2.47. The number of piperazine rings is 1. The number of nitrogens with zero attached hydrogens (tertiary/aromatic N) is 2. The van der Waals surface area contributed by atoms with Crippen LogP contribution in [0, 0.1) is 5.82 Å². The largest absolute Gasteiger partial charge is 0.495 e. The number of ether oxygens (including phenoxy) is 1. The molecule has 0 bridgehead atoms. The van der Waals surface area contributed by atoms with Crippen LogP contribution in [0.4, 0.5) is 14.9 Å². The van der Waals surface area contributed by atoms with Gasteiger partial charge in [0.15, 0.2) is 0 Å². The number of amides is 2. The minimum atomic E-state index is -0.253. The molecule has 27 heavy (non-hydrogen) atoms. The Balaban J connectivity index is 1.48. The third-order valence-corrected chi connectivity index (χ3v) is 4.89. The van der Waals surface area contributed by atoms with Gasteiger partial charge in [-0.1, -0.05) is 23.7 Å². The van der Waals surface area contributed by atoms with E-state index in [4.69, 9.17) is 16.3 Å². The van der Waals surface area contributed by atoms with Crippen LogP contribution in [0.25, 0.3) is 0 Å². The van der Waals surface area contributed by atoms with Crippen molar-refractivity contribution in [2.45, 2.75) is 6.42 Å². The maximum Gasteiger partial charge on any atom is 0.317 e. The molecule has 0 aliphatic carbocycles. The van der Waals surface area contributed by atoms with Crippen molar-refractivity contribution in [3.63, 3.8) is 0 Å². The van der Waals surface area contributed by atoms with Crippen LogP contribution in [0.5, 0.6) is 5.75 Å². The van der Waals surface area contributed by atoms with Gasteiger partial charge in [0.1, 0.15) is 11.6 Å². The number of anilines is 1. The summed E-state index contributed by atoms with van der Waals surface area (Å²) in [6.45, 7) is 3.19. The normalized spacial score (nSPS) is 14.2. The molecular weight excluding hydrogens is 369 g/mol. The molecule has 7 heteroatoms. The smallest absolute Gasteiger partial charge is 0.317 e. The van der Waals surface area contributed by atoms with Crippen LogP contribution in [0.1, 0.15) is 5.56 Å². The molecule has 0 saturated carbocycles. The highest BCUT2D eigenvalue weighted by Gasteiger charge is 2.23. The lowest BCUT2D eigenvalue weighted by molar-refractivity contribution is 0.194. The molecule has 5 nitrogen and oxygen atoms in total. The Morgan fingerprint density at radius 1 is 1.15 bits per heavy atom. The molecule has 144 valence electrons. The molecule has 0 radical (unpaired) electrons. The van der Waals surface area contributed by atoms with Gasteiger partial charge in [-0.2, -0.15) is 0 Å². The molecule has 2 aromatic carbocycles. The summed E-state index contributed by atoms with van der Waals surface area (Å²) < 4.78 is 18.3. The molecule has 1 fully saturated rings. The zero-order valence-electron chi connectivity index (χ0n) is 15.3. The minimum Gasteiger partial charge on any atom is -0.495 e. The number of hydrogen-bond acceptors (Lipinski definition) is 3. The van der Waals surface area contributed by atoms with Crippen molar-refractivity contribution < 1.29 is 13.9 Å². The summed E-state index contributed by atoms with van der Waals surface area (Å²) in [5, 5.41) is 3.59. The van der Waals surface area contributed by atoms with Gasteiger partial charge < -0.3 is 19.9 Å². The van der Waals surface area contributed by atoms with E-state index in [0.717, 1.165) is 17.0 Å². The second kappa shape index (κ2) is 8.95. The van der Waals surface area contributed by atoms with Crippen LogP contribution in [0.15, 0.2) is 42.5 Å². The van der Waals surface area contributed by atoms with Crippen molar-refractivity contribution >= 4 is 23.3 Å². The van der Waals surface area contributed by atoms with Crippen molar-refractivity contribution in [3.8, 4) is 5.75 Å². The fraction of sp³-hybridized carbons (Fsp3) is 0.350. The summed E-state index contributed by atoms with van der Waals surface area (Å²) in [6, 6.07) is 11.8. The molecule has 1 saturated heterocycles. The molecule has 2 aromatic rings. The minimum absolute atomic E-state index is 0.0742. The molecule has 0 atom stereocenters. The molecule has 2 amide bonds. The quantitative estimate of drug-likeness (QED) is 0.847. The number of urea groups is 1. The number of halogens is 2. The topological polar surface area (TPSA) is 44.8 Å². The van der Waals surface area contributed by atoms with Crippen molar-refractivity contribution in [3.05, 3.63) is 58.9 Å². The maximum atomic E-state index is 12.9. The first kappa shape index (κ1) is 19.3. The van der Waals surface area contributed by atoms with Crippen LogP contribution in [-0.2, 0) is 6.42 Å². The van der Waals surface area contributed by atoms with E-state index in [1.54, 1.807) is 30.2 Å². The highest BCUT2D eigenvalue weighted by atomic mass is 35.5. The number of hydrogen-bond donors (Lipinski definition) is 1. The number of benzene rings is 2. The zero-order valence-corrected chi connectivity index (χ0v) is 16.0. The number of carbonyl (C=O) groups excluding carboxylic acids is 1. The first-order chi connectivity index (χ1) is 13.1. The van der Waals surface area contributed by atoms with E-state index >= 15 is 0 Å². The first-order valence-corrected chi connectivity index (χ1v) is 9.30. The molecule has 0 aromatic heterocycles. The van der Waals surface area contributed by atoms with Gasteiger partial charge >= 0.3 is 6.03 Å². The Kier molecular flexibility index (Phi) is 6.40. The SMILES string of the molecule is COc1ccc(Cl)cc1N1CCN(C(=O)NCCc2ccc(F)cc2)CC1. The molecule has 1 N–H and O–H groups in total. The predicted molar refractivity (Wildman–Crippen MR) is 105 cm³/mol. The van der Waals surface area contributed by atoms with Gasteiger partial charge in [-0.25, -0.2) is 9.18 Å². The van der Waals surface area contributed by atoms with E-state index in [-0.39, 0.29) is 11.8 Å². The zero-order chi connectivity index (χ0) is 19.2. The average Bonchev–Trinajstić information content (AvgIpc) is 2.69. The highest BCUT2D eigenvalue weighted by molar-refractivity contribution is 6.30. The summed E-state index contributed by atoms with van der Waals surface area (Å²) in [5.74, 6) is 0.522. The Bertz CT molecular complexity index is 777. The van der Waals surface area contributed by atoms with Crippen molar-refractivity contribution in [1.82, 2.24) is 10.2 Å². The molecule has 1 heterocycles. The van der Waals surface area contributed by atoms with E-state index in [1.807, 2.05) is 12.1 Å². The summed E-state index contributed by atoms with van der Waals surface area (Å²) in [5.41, 5.74) is 1.94. The number of carbonyl (C=O) groups is 1. The van der Waals surface area contributed by atoms with Crippen LogP contribution >= 0.6 is 11.6 Å². The standard InChI is InChI=1S/C20H23ClFN3O2/c1-27-19-7-4-16(21)14-18(19)24-10-12-25(13-11-24)20(26)23-9-8-15-2-5-17(22)6-3-15/h2-7,14H,8-13H2,1H3,(H,23,26). The van der Waals surface area contributed by atoms with Crippen LogP contribution < -0.4 is 15.0 Å². The van der Waals surface area contributed by atoms with E-state index in [0.29, 0.717) is 44.2 Å². The van der Waals surface area contributed by atoms with Crippen LogP contribution in [0.3, 0.4) is 0 Å². The van der Waals surface area contributed by atoms with Gasteiger partial charge in [0.2, 0.25) is 0 Å². The number of methoxy groups -OCH3 is 1. The molecule has 0 unspecified atom stereocenters. The van der Waals surface area contributed by atoms with Gasteiger partial charge in [0, 0.05) is 37.7 Å². The fourth-order valence-corrected chi connectivity index (χ4v) is 3.30. The van der Waals surface area contributed by atoms with Crippen molar-refractivity contribution in [2.24, 2.45) is 0 Å². The van der Waals surface area contributed by atoms with Gasteiger partial charge in [-0.15, -0.1) is 0 Å². The second-order valence-corrected chi connectivity index (χ2v) is 6.84. The Morgan fingerprint density at radius 2 is 1.85 bits per heavy atom. The highest BCUT2D eigenvalue weighted by Crippen LogP contribution is 2.31. The predicted octanol–water partition coefficient (Wildman–Crippen LogP) is 3.56. The number of nitrogens with one attached hydrogen (secondary N) is 1. The van der Waals surface area contributed by atoms with Crippen LogP contribution in [0.2, 0.25) is 5.02 Å². The van der Waals surface area contributed by atoms with Crippen molar-refractivity contribution in [2.75, 3.05) is 44.7 Å². The Morgan fingerprint density at radius 3 is 2.52 bits per heavy atom. The van der Waals surface area contributed by atoms with Gasteiger partial charge in [-0.3, -0.25) is 0 Å². The van der Waals surface area contributed by atoms with E-state index in [2.05, 4.69) is 10.2 Å². The number of rotatable bonds is 5. The maximum absolute atomic E-state index is 12.9. The van der Waals surface area contributed by atoms with Gasteiger partial charge in [0.25, 0.3) is 0 Å². The van der Waals surface area contributed by atoms with Gasteiger partial charge in [-0.05, 0) is 42.3 Å². The Labute approximate surface area is 163 Å². The molecule has 1 aliphatic heterocycles. The molecule has 0 spiro atoms. The third-order valence-electron chi connectivity index (χ3n) is 4.65. The van der Waals surface area contributed by atoms with E-state index < -0.39 is 0 Å². The van der Waals surface area contributed by atoms with E-state index in [1.165, 1.54) is 12.1 Å². The molecular formula is C20H23ClFN3O2. The van der Waals surface area contributed by atoms with Gasteiger partial charge in [0.05, 0.1) is 12.8 Å². The van der Waals surface area contributed by atoms with E-state index in [9.17, 15) is 9.18 Å². The molecule has 1 aliphatic rings. The summed E-state index contributed by atoms with van der Waals surface area (Å²) in [4.78, 5) is 16.3. The monoisotopic (exact) mass is 391 g/mol. The summed E-state index contributed by atoms with van der Waals surface area (Å²) in [6.07, 6.45) is 0.672. The fourth-order valence-electron chi connectivity index (χ4n) is 3.14. The average molecular weight is 392 g/mol. The molecule has 3 rings (SSSR count). The lowest BCUT2D eigenvalue weighted by Crippen LogP contribution is -2.52. The van der Waals surface area contributed by atoms with Crippen LogP contribution in [-0.4, -0.2) is 50.8 Å². The van der Waals surface area contributed by atoms with Crippen molar-refractivity contribution in [1.29, 1.82) is 0 Å². The lowest BCUT2D eigenvalue weighted by atomic mass is 10.1. The summed E-state index contributed by atoms with van der Waals surface area (Å²) >= 11 is 6.11. The third kappa shape index (κ3) is 5.04. The second-order valence-electron chi connectivity index (χ2n) is 6.40. The summed E-state index contributed by atoms with van der Waals surface area (Å²) in [7, 11) is 1.64.